The number of rotatable bonds is 3. The Morgan fingerprint density at radius 1 is 1.14 bits per heavy atom. The van der Waals surface area contributed by atoms with E-state index < -0.39 is 4.92 Å². The van der Waals surface area contributed by atoms with Crippen molar-refractivity contribution in [1.29, 1.82) is 0 Å². The topological polar surface area (TPSA) is 69.4 Å². The van der Waals surface area contributed by atoms with Crippen LogP contribution in [0, 0.1) is 10.1 Å². The van der Waals surface area contributed by atoms with Crippen LogP contribution in [0.1, 0.15) is 0 Å². The fourth-order valence-corrected chi connectivity index (χ4v) is 3.35. The zero-order chi connectivity index (χ0) is 15.7. The summed E-state index contributed by atoms with van der Waals surface area (Å²) in [6, 6.07) is 13.3. The average molecular weight is 313 g/mol. The summed E-state index contributed by atoms with van der Waals surface area (Å²) >= 11 is 1.35. The van der Waals surface area contributed by atoms with E-state index in [9.17, 15) is 14.9 Å². The van der Waals surface area contributed by atoms with E-state index in [0.29, 0.717) is 21.6 Å². The first kappa shape index (κ1) is 14.2. The standard InChI is InChI=1S/C16H11NO4S/c1-21-10-6-7-11(13(8-10)17(19)20)16-9-14(18)12-4-2-3-5-15(12)22-16/h2-9H,1H3. The van der Waals surface area contributed by atoms with E-state index in [4.69, 9.17) is 4.74 Å². The molecule has 0 atom stereocenters. The fraction of sp³-hybridized carbons (Fsp3) is 0.0625. The molecule has 2 aromatic carbocycles. The molecule has 5 nitrogen and oxygen atoms in total. The number of nitrogens with zero attached hydrogens (tertiary/aromatic N) is 1. The minimum absolute atomic E-state index is 0.0784. The third kappa shape index (κ3) is 2.44. The van der Waals surface area contributed by atoms with E-state index in [1.165, 1.54) is 30.6 Å². The molecule has 0 amide bonds. The van der Waals surface area contributed by atoms with Gasteiger partial charge in [0.1, 0.15) is 5.75 Å². The highest BCUT2D eigenvalue weighted by atomic mass is 32.1. The second-order valence-electron chi connectivity index (χ2n) is 4.61. The van der Waals surface area contributed by atoms with Crippen LogP contribution >= 0.6 is 11.3 Å². The van der Waals surface area contributed by atoms with E-state index in [1.807, 2.05) is 12.1 Å². The molecule has 6 heteroatoms. The van der Waals surface area contributed by atoms with E-state index in [2.05, 4.69) is 0 Å². The molecular formula is C16H11NO4S. The van der Waals surface area contributed by atoms with Crippen LogP contribution in [0.3, 0.4) is 0 Å². The van der Waals surface area contributed by atoms with Crippen molar-refractivity contribution < 1.29 is 9.66 Å². The van der Waals surface area contributed by atoms with Crippen molar-refractivity contribution in [1.82, 2.24) is 0 Å². The molecule has 0 saturated heterocycles. The van der Waals surface area contributed by atoms with Gasteiger partial charge in [0.05, 0.1) is 23.7 Å². The third-order valence-electron chi connectivity index (χ3n) is 3.30. The highest BCUT2D eigenvalue weighted by Gasteiger charge is 2.18. The van der Waals surface area contributed by atoms with Gasteiger partial charge in [0.2, 0.25) is 0 Å². The zero-order valence-electron chi connectivity index (χ0n) is 11.6. The van der Waals surface area contributed by atoms with Gasteiger partial charge in [0, 0.05) is 21.0 Å². The number of benzene rings is 2. The Kier molecular flexibility index (Phi) is 3.60. The third-order valence-corrected chi connectivity index (χ3v) is 4.44. The summed E-state index contributed by atoms with van der Waals surface area (Å²) in [4.78, 5) is 23.6. The Bertz CT molecular complexity index is 933. The Morgan fingerprint density at radius 3 is 2.64 bits per heavy atom. The second kappa shape index (κ2) is 5.57. The highest BCUT2D eigenvalue weighted by molar-refractivity contribution is 7.21. The van der Waals surface area contributed by atoms with Crippen molar-refractivity contribution in [3.63, 3.8) is 0 Å². The van der Waals surface area contributed by atoms with Crippen LogP contribution in [0.4, 0.5) is 5.69 Å². The average Bonchev–Trinajstić information content (AvgIpc) is 2.54. The Morgan fingerprint density at radius 2 is 1.91 bits per heavy atom. The summed E-state index contributed by atoms with van der Waals surface area (Å²) in [5.74, 6) is 0.406. The summed E-state index contributed by atoms with van der Waals surface area (Å²) in [5, 5.41) is 11.9. The molecule has 0 spiro atoms. The Balaban J connectivity index is 2.27. The molecule has 0 aliphatic rings. The maximum absolute atomic E-state index is 12.2. The van der Waals surface area contributed by atoms with Crippen molar-refractivity contribution >= 4 is 27.1 Å². The lowest BCUT2D eigenvalue weighted by atomic mass is 10.1. The molecule has 3 rings (SSSR count). The molecule has 110 valence electrons. The van der Waals surface area contributed by atoms with Gasteiger partial charge in [-0.05, 0) is 24.3 Å². The quantitative estimate of drug-likeness (QED) is 0.544. The second-order valence-corrected chi connectivity index (χ2v) is 5.70. The molecule has 0 unspecified atom stereocenters. The zero-order valence-corrected chi connectivity index (χ0v) is 12.4. The largest absolute Gasteiger partial charge is 0.497 e. The lowest BCUT2D eigenvalue weighted by molar-refractivity contribution is -0.384. The normalized spacial score (nSPS) is 10.6. The van der Waals surface area contributed by atoms with Crippen LogP contribution in [-0.4, -0.2) is 12.0 Å². The Labute approximate surface area is 129 Å². The molecular weight excluding hydrogens is 302 g/mol. The van der Waals surface area contributed by atoms with Crippen LogP contribution in [-0.2, 0) is 0 Å². The van der Waals surface area contributed by atoms with E-state index in [1.54, 1.807) is 24.3 Å². The number of ether oxygens (including phenoxy) is 1. The van der Waals surface area contributed by atoms with Gasteiger partial charge in [-0.15, -0.1) is 11.3 Å². The number of nitro groups is 1. The lowest BCUT2D eigenvalue weighted by Gasteiger charge is -2.06. The predicted molar refractivity (Wildman–Crippen MR) is 86.7 cm³/mol. The molecule has 0 N–H and O–H groups in total. The van der Waals surface area contributed by atoms with Gasteiger partial charge in [-0.3, -0.25) is 14.9 Å². The van der Waals surface area contributed by atoms with Gasteiger partial charge in [0.15, 0.2) is 5.43 Å². The van der Waals surface area contributed by atoms with Gasteiger partial charge < -0.3 is 4.74 Å². The molecule has 1 heterocycles. The number of nitro benzene ring substituents is 1. The molecule has 0 fully saturated rings. The molecule has 0 radical (unpaired) electrons. The van der Waals surface area contributed by atoms with Crippen LogP contribution < -0.4 is 10.2 Å². The summed E-state index contributed by atoms with van der Waals surface area (Å²) in [7, 11) is 1.45. The molecule has 1 aromatic heterocycles. The molecule has 0 bridgehead atoms. The maximum Gasteiger partial charge on any atom is 0.281 e. The summed E-state index contributed by atoms with van der Waals surface area (Å²) in [6.07, 6.45) is 0. The summed E-state index contributed by atoms with van der Waals surface area (Å²) in [5.41, 5.74) is 0.193. The van der Waals surface area contributed by atoms with Crippen LogP contribution in [0.2, 0.25) is 0 Å². The molecule has 0 saturated carbocycles. The van der Waals surface area contributed by atoms with Crippen molar-refractivity contribution in [3.05, 3.63) is 68.9 Å². The van der Waals surface area contributed by atoms with E-state index in [0.717, 1.165) is 4.70 Å². The van der Waals surface area contributed by atoms with Gasteiger partial charge in [-0.2, -0.15) is 0 Å². The molecule has 3 aromatic rings. The summed E-state index contributed by atoms with van der Waals surface area (Å²) < 4.78 is 5.83. The van der Waals surface area contributed by atoms with Gasteiger partial charge in [-0.1, -0.05) is 12.1 Å². The molecule has 22 heavy (non-hydrogen) atoms. The van der Waals surface area contributed by atoms with Crippen LogP contribution in [0.15, 0.2) is 53.3 Å². The molecule has 0 aliphatic heterocycles. The maximum atomic E-state index is 12.2. The number of fused-ring (bicyclic) bond motifs is 1. The van der Waals surface area contributed by atoms with Gasteiger partial charge >= 0.3 is 0 Å². The molecule has 0 aliphatic carbocycles. The van der Waals surface area contributed by atoms with E-state index in [-0.39, 0.29) is 11.1 Å². The fourth-order valence-electron chi connectivity index (χ4n) is 2.23. The van der Waals surface area contributed by atoms with Crippen LogP contribution in [0.25, 0.3) is 20.5 Å². The summed E-state index contributed by atoms with van der Waals surface area (Å²) in [6.45, 7) is 0. The van der Waals surface area contributed by atoms with Gasteiger partial charge in [0.25, 0.3) is 5.69 Å². The lowest BCUT2D eigenvalue weighted by Crippen LogP contribution is -2.00. The number of methoxy groups -OCH3 is 1. The van der Waals surface area contributed by atoms with Crippen molar-refractivity contribution in [2.24, 2.45) is 0 Å². The van der Waals surface area contributed by atoms with Crippen molar-refractivity contribution in [2.45, 2.75) is 0 Å². The SMILES string of the molecule is COc1ccc(-c2cc(=O)c3ccccc3s2)c([N+](=O)[O-])c1. The first-order valence-corrected chi connectivity index (χ1v) is 7.27. The first-order valence-electron chi connectivity index (χ1n) is 6.46. The minimum Gasteiger partial charge on any atom is -0.497 e. The smallest absolute Gasteiger partial charge is 0.281 e. The van der Waals surface area contributed by atoms with Gasteiger partial charge in [-0.25, -0.2) is 0 Å². The highest BCUT2D eigenvalue weighted by Crippen LogP contribution is 2.36. The number of hydrogen-bond acceptors (Lipinski definition) is 5. The number of hydrogen-bond donors (Lipinski definition) is 0. The van der Waals surface area contributed by atoms with Crippen molar-refractivity contribution in [3.8, 4) is 16.2 Å². The predicted octanol–water partition coefficient (Wildman–Crippen LogP) is 3.85. The minimum atomic E-state index is -0.468. The van der Waals surface area contributed by atoms with E-state index >= 15 is 0 Å². The van der Waals surface area contributed by atoms with Crippen LogP contribution in [0.5, 0.6) is 5.75 Å². The first-order chi connectivity index (χ1) is 10.6. The monoisotopic (exact) mass is 313 g/mol. The Hall–Kier alpha value is -2.73. The van der Waals surface area contributed by atoms with Crippen molar-refractivity contribution in [2.75, 3.05) is 7.11 Å².